The zero-order chi connectivity index (χ0) is 60.3. The molecule has 1 saturated heterocycles. The Labute approximate surface area is 508 Å². The average Bonchev–Trinajstić information content (AvgIpc) is 3.67. The number of aliphatic hydroxyl groups is 5. The van der Waals surface area contributed by atoms with E-state index in [0.717, 1.165) is 116 Å². The summed E-state index contributed by atoms with van der Waals surface area (Å²) in [5.74, 6) is -1.20. The third kappa shape index (κ3) is 46.7. The SMILES string of the molecule is CC/C=C\C/C=C\C/C=C\C/C=C\C/C=C\C/C=C\CCCCCCCCC(=O)OC1C(OCC(NC(=O)C(O)CCCCCCCCCCCCCCCCCCCC)C(O)/C=C/CCCCCCCCCCC)OC(CO)C(O)C1O. The van der Waals surface area contributed by atoms with Crippen LogP contribution in [0.4, 0.5) is 0 Å². The summed E-state index contributed by atoms with van der Waals surface area (Å²) >= 11 is 0. The zero-order valence-corrected chi connectivity index (χ0v) is 53.3. The molecule has 11 heteroatoms. The predicted molar refractivity (Wildman–Crippen MR) is 347 cm³/mol. The number of carbonyl (C=O) groups is 2. The van der Waals surface area contributed by atoms with E-state index in [4.69, 9.17) is 14.2 Å². The van der Waals surface area contributed by atoms with Gasteiger partial charge in [-0.3, -0.25) is 9.59 Å². The molecule has 1 heterocycles. The molecule has 0 aromatic rings. The highest BCUT2D eigenvalue weighted by Crippen LogP contribution is 2.26. The summed E-state index contributed by atoms with van der Waals surface area (Å²) in [6.45, 7) is 5.69. The number of allylic oxidation sites excluding steroid dienone is 13. The van der Waals surface area contributed by atoms with Gasteiger partial charge in [0.05, 0.1) is 25.4 Å². The van der Waals surface area contributed by atoms with Crippen LogP contribution in [0.1, 0.15) is 297 Å². The average molecular weight is 1170 g/mol. The molecular weight excluding hydrogens is 1040 g/mol. The van der Waals surface area contributed by atoms with Crippen LogP contribution in [0.15, 0.2) is 85.1 Å². The molecule has 0 aliphatic carbocycles. The van der Waals surface area contributed by atoms with E-state index in [1.807, 2.05) is 6.08 Å². The molecule has 1 aliphatic heterocycles. The van der Waals surface area contributed by atoms with Gasteiger partial charge in [-0.2, -0.15) is 0 Å². The van der Waals surface area contributed by atoms with E-state index in [1.54, 1.807) is 6.08 Å². The highest BCUT2D eigenvalue weighted by Gasteiger charge is 2.47. The van der Waals surface area contributed by atoms with E-state index >= 15 is 0 Å². The van der Waals surface area contributed by atoms with Gasteiger partial charge in [0.2, 0.25) is 5.91 Å². The molecule has 0 radical (unpaired) electrons. The maximum atomic E-state index is 13.5. The molecule has 1 amide bonds. The van der Waals surface area contributed by atoms with Gasteiger partial charge in [0.25, 0.3) is 0 Å². The minimum Gasteiger partial charge on any atom is -0.454 e. The molecule has 1 aliphatic rings. The van der Waals surface area contributed by atoms with Crippen molar-refractivity contribution < 1.29 is 49.3 Å². The van der Waals surface area contributed by atoms with Crippen molar-refractivity contribution in [3.05, 3.63) is 85.1 Å². The number of unbranched alkanes of at least 4 members (excludes halogenated alkanes) is 32. The van der Waals surface area contributed by atoms with E-state index < -0.39 is 67.4 Å². The van der Waals surface area contributed by atoms with Crippen molar-refractivity contribution in [2.75, 3.05) is 13.2 Å². The molecule has 1 rings (SSSR count). The normalized spacial score (nSPS) is 19.1. The van der Waals surface area contributed by atoms with E-state index in [2.05, 4.69) is 99.0 Å². The summed E-state index contributed by atoms with van der Waals surface area (Å²) in [7, 11) is 0. The van der Waals surface area contributed by atoms with Crippen molar-refractivity contribution in [1.82, 2.24) is 5.32 Å². The van der Waals surface area contributed by atoms with Crippen LogP contribution in [0.5, 0.6) is 0 Å². The summed E-state index contributed by atoms with van der Waals surface area (Å²) in [5.41, 5.74) is 0. The van der Waals surface area contributed by atoms with Gasteiger partial charge in [0.15, 0.2) is 12.4 Å². The highest BCUT2D eigenvalue weighted by atomic mass is 16.7. The summed E-state index contributed by atoms with van der Waals surface area (Å²) in [5, 5.41) is 57.1. The second-order valence-corrected chi connectivity index (χ2v) is 23.5. The van der Waals surface area contributed by atoms with Crippen LogP contribution in [0.25, 0.3) is 0 Å². The van der Waals surface area contributed by atoms with Crippen molar-refractivity contribution in [3.8, 4) is 0 Å². The molecule has 11 nitrogen and oxygen atoms in total. The molecule has 6 N–H and O–H groups in total. The van der Waals surface area contributed by atoms with E-state index in [9.17, 15) is 35.1 Å². The predicted octanol–water partition coefficient (Wildman–Crippen LogP) is 17.3. The first kappa shape index (κ1) is 77.9. The monoisotopic (exact) mass is 1170 g/mol. The number of aliphatic hydroxyl groups excluding tert-OH is 5. The fourth-order valence-corrected chi connectivity index (χ4v) is 10.4. The lowest BCUT2D eigenvalue weighted by atomic mass is 9.99. The van der Waals surface area contributed by atoms with Crippen molar-refractivity contribution in [1.29, 1.82) is 0 Å². The Morgan fingerprint density at radius 1 is 0.482 bits per heavy atom. The third-order valence-electron chi connectivity index (χ3n) is 15.8. The number of nitrogens with one attached hydrogen (secondary N) is 1. The Kier molecular flexibility index (Phi) is 55.5. The quantitative estimate of drug-likeness (QED) is 0.0195. The van der Waals surface area contributed by atoms with Gasteiger partial charge in [-0.1, -0.05) is 298 Å². The zero-order valence-electron chi connectivity index (χ0n) is 53.3. The van der Waals surface area contributed by atoms with Crippen LogP contribution in [0, 0.1) is 0 Å². The first-order chi connectivity index (χ1) is 40.7. The molecule has 8 atom stereocenters. The lowest BCUT2D eigenvalue weighted by Gasteiger charge is -2.41. The lowest BCUT2D eigenvalue weighted by Crippen LogP contribution is -2.61. The molecule has 1 fully saturated rings. The molecule has 83 heavy (non-hydrogen) atoms. The largest absolute Gasteiger partial charge is 0.454 e. The second-order valence-electron chi connectivity index (χ2n) is 23.5. The topological polar surface area (TPSA) is 175 Å². The van der Waals surface area contributed by atoms with Gasteiger partial charge in [0.1, 0.15) is 24.4 Å². The van der Waals surface area contributed by atoms with Crippen LogP contribution in [-0.2, 0) is 23.8 Å². The number of ether oxygens (including phenoxy) is 3. The molecule has 480 valence electrons. The van der Waals surface area contributed by atoms with Crippen molar-refractivity contribution in [2.24, 2.45) is 0 Å². The summed E-state index contributed by atoms with van der Waals surface area (Å²) in [4.78, 5) is 26.6. The van der Waals surface area contributed by atoms with E-state index in [1.165, 1.54) is 135 Å². The smallest absolute Gasteiger partial charge is 0.306 e. The second kappa shape index (κ2) is 59.2. The van der Waals surface area contributed by atoms with Crippen LogP contribution in [0.3, 0.4) is 0 Å². The summed E-state index contributed by atoms with van der Waals surface area (Å²) in [6, 6.07) is -1.03. The van der Waals surface area contributed by atoms with E-state index in [-0.39, 0.29) is 13.0 Å². The fourth-order valence-electron chi connectivity index (χ4n) is 10.4. The maximum absolute atomic E-state index is 13.5. The van der Waals surface area contributed by atoms with Crippen LogP contribution < -0.4 is 5.32 Å². The Balaban J connectivity index is 2.59. The highest BCUT2D eigenvalue weighted by molar-refractivity contribution is 5.80. The Morgan fingerprint density at radius 2 is 0.867 bits per heavy atom. The van der Waals surface area contributed by atoms with Gasteiger partial charge in [-0.25, -0.2) is 0 Å². The molecule has 0 spiro atoms. The van der Waals surface area contributed by atoms with Gasteiger partial charge in [-0.15, -0.1) is 0 Å². The van der Waals surface area contributed by atoms with Crippen molar-refractivity contribution >= 4 is 11.9 Å². The standard InChI is InChI=1S/C72H127NO10/c1-4-7-10-13-16-19-22-24-26-28-30-31-32-33-34-35-36-38-40-42-45-48-51-54-57-60-67(77)83-70-69(79)68(78)66(61-74)82-72(70)81-62-63(64(75)58-55-52-49-46-43-21-18-15-12-9-6-3)73-71(80)65(76)59-56-53-50-47-44-41-39-37-29-27-25-23-20-17-14-11-8-5-2/h7,10,16,19,24,26,30-31,33-34,36,38,55,58,63-66,68-70,72,74-76,78-79H,4-6,8-9,11-15,17-18,20-23,25,27-29,32,35,37,39-54,56-57,59-62H2,1-3H3,(H,73,80)/b10-7-,19-16-,26-24-,31-30-,34-33-,38-36-,58-55+. The summed E-state index contributed by atoms with van der Waals surface area (Å²) in [6.07, 6.45) is 67.6. The minimum atomic E-state index is -1.62. The first-order valence-electron chi connectivity index (χ1n) is 34.4. The number of amides is 1. The van der Waals surface area contributed by atoms with Crippen molar-refractivity contribution in [3.63, 3.8) is 0 Å². The number of esters is 1. The molecule has 0 bridgehead atoms. The number of carbonyl (C=O) groups excluding carboxylic acids is 2. The third-order valence-corrected chi connectivity index (χ3v) is 15.8. The molecule has 0 aromatic carbocycles. The number of hydrogen-bond acceptors (Lipinski definition) is 10. The van der Waals surface area contributed by atoms with Gasteiger partial charge in [-0.05, 0) is 77.0 Å². The molecular formula is C72H127NO10. The number of rotatable bonds is 58. The maximum Gasteiger partial charge on any atom is 0.306 e. The molecule has 8 unspecified atom stereocenters. The molecule has 0 saturated carbocycles. The summed E-state index contributed by atoms with van der Waals surface area (Å²) < 4.78 is 17.7. The lowest BCUT2D eigenvalue weighted by molar-refractivity contribution is -0.305. The van der Waals surface area contributed by atoms with Gasteiger partial charge < -0.3 is 45.1 Å². The minimum absolute atomic E-state index is 0.104. The fraction of sp³-hybridized carbons (Fsp3) is 0.778. The Hall–Kier alpha value is -3.16. The Morgan fingerprint density at radius 3 is 1.30 bits per heavy atom. The van der Waals surface area contributed by atoms with Crippen LogP contribution in [-0.4, -0.2) is 99.6 Å². The van der Waals surface area contributed by atoms with Gasteiger partial charge in [0, 0.05) is 6.42 Å². The van der Waals surface area contributed by atoms with Crippen LogP contribution >= 0.6 is 0 Å². The first-order valence-corrected chi connectivity index (χ1v) is 34.4. The van der Waals surface area contributed by atoms with Gasteiger partial charge >= 0.3 is 5.97 Å². The Bertz CT molecular complexity index is 1670. The van der Waals surface area contributed by atoms with Crippen molar-refractivity contribution in [2.45, 2.75) is 346 Å². The van der Waals surface area contributed by atoms with E-state index in [0.29, 0.717) is 19.3 Å². The number of hydrogen-bond donors (Lipinski definition) is 6. The molecule has 0 aromatic heterocycles. The van der Waals surface area contributed by atoms with Crippen LogP contribution in [0.2, 0.25) is 0 Å².